The van der Waals surface area contributed by atoms with Crippen LogP contribution in [-0.2, 0) is 11.3 Å². The highest BCUT2D eigenvalue weighted by Gasteiger charge is 2.26. The number of anilines is 1. The topological polar surface area (TPSA) is 48.0 Å². The van der Waals surface area contributed by atoms with Gasteiger partial charge in [-0.15, -0.1) is 0 Å². The lowest BCUT2D eigenvalue weighted by atomic mass is 10.1. The van der Waals surface area contributed by atoms with Crippen molar-refractivity contribution >= 4 is 23.2 Å². The van der Waals surface area contributed by atoms with Crippen LogP contribution in [0, 0.1) is 0 Å². The van der Waals surface area contributed by atoms with Crippen LogP contribution in [0.4, 0.5) is 5.69 Å². The van der Waals surface area contributed by atoms with Gasteiger partial charge >= 0.3 is 0 Å². The quantitative estimate of drug-likeness (QED) is 0.854. The molecule has 2 aliphatic heterocycles. The van der Waals surface area contributed by atoms with Gasteiger partial charge < -0.3 is 19.1 Å². The molecule has 0 aliphatic carbocycles. The van der Waals surface area contributed by atoms with Crippen molar-refractivity contribution in [3.63, 3.8) is 0 Å². The maximum atomic E-state index is 12.2. The van der Waals surface area contributed by atoms with Crippen LogP contribution in [-0.4, -0.2) is 19.3 Å². The zero-order chi connectivity index (χ0) is 15.1. The molecular formula is C16H12ClNO4. The third kappa shape index (κ3) is 2.23. The van der Waals surface area contributed by atoms with Gasteiger partial charge in [-0.3, -0.25) is 4.79 Å². The van der Waals surface area contributed by atoms with Gasteiger partial charge in [-0.25, -0.2) is 0 Å². The Hall–Kier alpha value is -2.40. The van der Waals surface area contributed by atoms with Crippen molar-refractivity contribution in [2.24, 2.45) is 0 Å². The van der Waals surface area contributed by atoms with Crippen LogP contribution < -0.4 is 19.1 Å². The molecule has 5 nitrogen and oxygen atoms in total. The van der Waals surface area contributed by atoms with Gasteiger partial charge in [0.25, 0.3) is 5.91 Å². The molecule has 2 heterocycles. The van der Waals surface area contributed by atoms with Crippen LogP contribution in [0.3, 0.4) is 0 Å². The lowest BCUT2D eigenvalue weighted by molar-refractivity contribution is -0.121. The van der Waals surface area contributed by atoms with E-state index in [4.69, 9.17) is 25.8 Å². The largest absolute Gasteiger partial charge is 0.482 e. The van der Waals surface area contributed by atoms with E-state index in [0.717, 1.165) is 11.3 Å². The van der Waals surface area contributed by atoms with Gasteiger partial charge in [-0.05, 0) is 35.9 Å². The summed E-state index contributed by atoms with van der Waals surface area (Å²) in [6.07, 6.45) is 0. The molecule has 1 amide bonds. The number of benzene rings is 2. The van der Waals surface area contributed by atoms with Crippen molar-refractivity contribution in [2.45, 2.75) is 6.54 Å². The molecule has 0 saturated heterocycles. The van der Waals surface area contributed by atoms with E-state index in [1.54, 1.807) is 23.1 Å². The summed E-state index contributed by atoms with van der Waals surface area (Å²) in [6, 6.07) is 10.9. The van der Waals surface area contributed by atoms with Crippen LogP contribution in [0.1, 0.15) is 5.56 Å². The zero-order valence-corrected chi connectivity index (χ0v) is 12.3. The van der Waals surface area contributed by atoms with Crippen LogP contribution in [0.15, 0.2) is 36.4 Å². The minimum atomic E-state index is -0.104. The molecule has 6 heteroatoms. The number of ether oxygens (including phenoxy) is 3. The molecule has 2 aliphatic rings. The van der Waals surface area contributed by atoms with Crippen LogP contribution in [0.5, 0.6) is 17.2 Å². The molecule has 2 aromatic carbocycles. The Morgan fingerprint density at radius 3 is 2.73 bits per heavy atom. The zero-order valence-electron chi connectivity index (χ0n) is 11.5. The molecule has 22 heavy (non-hydrogen) atoms. The van der Waals surface area contributed by atoms with E-state index in [1.165, 1.54) is 0 Å². The van der Waals surface area contributed by atoms with Gasteiger partial charge in [0.2, 0.25) is 6.79 Å². The van der Waals surface area contributed by atoms with Gasteiger partial charge in [-0.1, -0.05) is 17.7 Å². The maximum absolute atomic E-state index is 12.2. The molecule has 0 fully saturated rings. The fourth-order valence-corrected chi connectivity index (χ4v) is 2.74. The average molecular weight is 318 g/mol. The number of rotatable bonds is 2. The standard InChI is InChI=1S/C16H12ClNO4/c17-11-2-4-13-12(6-11)18(16(19)8-20-13)7-10-1-3-14-15(5-10)22-9-21-14/h1-6H,7-9H2. The van der Waals surface area contributed by atoms with E-state index in [0.29, 0.717) is 28.8 Å². The number of hydrogen-bond acceptors (Lipinski definition) is 4. The van der Waals surface area contributed by atoms with E-state index in [2.05, 4.69) is 0 Å². The summed E-state index contributed by atoms with van der Waals surface area (Å²) in [4.78, 5) is 13.9. The van der Waals surface area contributed by atoms with Crippen molar-refractivity contribution in [2.75, 3.05) is 18.3 Å². The Morgan fingerprint density at radius 2 is 1.82 bits per heavy atom. The first kappa shape index (κ1) is 13.3. The number of amides is 1. The monoisotopic (exact) mass is 317 g/mol. The second kappa shape index (κ2) is 5.10. The van der Waals surface area contributed by atoms with E-state index in [-0.39, 0.29) is 19.3 Å². The van der Waals surface area contributed by atoms with Crippen molar-refractivity contribution in [3.05, 3.63) is 47.0 Å². The summed E-state index contributed by atoms with van der Waals surface area (Å²) in [5, 5.41) is 0.563. The summed E-state index contributed by atoms with van der Waals surface area (Å²) >= 11 is 6.04. The molecule has 2 aromatic rings. The van der Waals surface area contributed by atoms with E-state index >= 15 is 0 Å². The number of halogens is 1. The predicted molar refractivity (Wildman–Crippen MR) is 80.7 cm³/mol. The molecule has 0 aromatic heterocycles. The third-order valence-electron chi connectivity index (χ3n) is 3.64. The van der Waals surface area contributed by atoms with Crippen LogP contribution >= 0.6 is 11.6 Å². The normalized spacial score (nSPS) is 15.5. The SMILES string of the molecule is O=C1COc2ccc(Cl)cc2N1Cc1ccc2c(c1)OCO2. The summed E-state index contributed by atoms with van der Waals surface area (Å²) < 4.78 is 16.1. The Morgan fingerprint density at radius 1 is 1.00 bits per heavy atom. The van der Waals surface area contributed by atoms with Crippen molar-refractivity contribution in [1.29, 1.82) is 0 Å². The second-order valence-corrected chi connectivity index (χ2v) is 5.50. The highest BCUT2D eigenvalue weighted by Crippen LogP contribution is 2.37. The molecule has 0 atom stereocenters. The lowest BCUT2D eigenvalue weighted by Crippen LogP contribution is -2.38. The smallest absolute Gasteiger partial charge is 0.265 e. The minimum Gasteiger partial charge on any atom is -0.482 e. The molecule has 0 spiro atoms. The van der Waals surface area contributed by atoms with Crippen molar-refractivity contribution in [3.8, 4) is 17.2 Å². The average Bonchev–Trinajstić information content (AvgIpc) is 2.98. The number of nitrogens with zero attached hydrogens (tertiary/aromatic N) is 1. The van der Waals surface area contributed by atoms with Crippen LogP contribution in [0.2, 0.25) is 5.02 Å². The highest BCUT2D eigenvalue weighted by atomic mass is 35.5. The summed E-state index contributed by atoms with van der Waals surface area (Å²) in [5.74, 6) is 1.97. The van der Waals surface area contributed by atoms with Crippen molar-refractivity contribution < 1.29 is 19.0 Å². The maximum Gasteiger partial charge on any atom is 0.265 e. The van der Waals surface area contributed by atoms with Gasteiger partial charge in [0.05, 0.1) is 12.2 Å². The molecule has 0 unspecified atom stereocenters. The molecule has 4 rings (SSSR count). The Kier molecular flexibility index (Phi) is 3.08. The summed E-state index contributed by atoms with van der Waals surface area (Å²) in [5.41, 5.74) is 1.63. The molecule has 0 saturated carbocycles. The first-order valence-electron chi connectivity index (χ1n) is 6.82. The number of carbonyl (C=O) groups excluding carboxylic acids is 1. The number of carbonyl (C=O) groups is 1. The predicted octanol–water partition coefficient (Wildman–Crippen LogP) is 2.99. The first-order chi connectivity index (χ1) is 10.7. The summed E-state index contributed by atoms with van der Waals surface area (Å²) in [7, 11) is 0. The van der Waals surface area contributed by atoms with Gasteiger partial charge in [0.15, 0.2) is 18.1 Å². The highest BCUT2D eigenvalue weighted by molar-refractivity contribution is 6.31. The molecule has 0 bridgehead atoms. The third-order valence-corrected chi connectivity index (χ3v) is 3.88. The van der Waals surface area contributed by atoms with Gasteiger partial charge in [0, 0.05) is 5.02 Å². The molecule has 112 valence electrons. The van der Waals surface area contributed by atoms with E-state index in [9.17, 15) is 4.79 Å². The fraction of sp³-hybridized carbons (Fsp3) is 0.188. The van der Waals surface area contributed by atoms with Gasteiger partial charge in [-0.2, -0.15) is 0 Å². The second-order valence-electron chi connectivity index (χ2n) is 5.07. The van der Waals surface area contributed by atoms with E-state index < -0.39 is 0 Å². The first-order valence-corrected chi connectivity index (χ1v) is 7.20. The number of fused-ring (bicyclic) bond motifs is 2. The fourth-order valence-electron chi connectivity index (χ4n) is 2.57. The molecule has 0 radical (unpaired) electrons. The Bertz CT molecular complexity index is 762. The summed E-state index contributed by atoms with van der Waals surface area (Å²) in [6.45, 7) is 0.680. The lowest BCUT2D eigenvalue weighted by Gasteiger charge is -2.29. The van der Waals surface area contributed by atoms with Crippen LogP contribution in [0.25, 0.3) is 0 Å². The van der Waals surface area contributed by atoms with Crippen molar-refractivity contribution in [1.82, 2.24) is 0 Å². The Balaban J connectivity index is 1.68. The minimum absolute atomic E-state index is 0.0270. The Labute approximate surface area is 132 Å². The molecule has 0 N–H and O–H groups in total. The molecular weight excluding hydrogens is 306 g/mol. The van der Waals surface area contributed by atoms with Gasteiger partial charge in [0.1, 0.15) is 5.75 Å². The van der Waals surface area contributed by atoms with E-state index in [1.807, 2.05) is 18.2 Å². The number of hydrogen-bond donors (Lipinski definition) is 0.